The van der Waals surface area contributed by atoms with Crippen LogP contribution in [0.25, 0.3) is 0 Å². The third-order valence-corrected chi connectivity index (χ3v) is 7.29. The Morgan fingerprint density at radius 2 is 0.727 bits per heavy atom. The van der Waals surface area contributed by atoms with Gasteiger partial charge in [-0.15, -0.1) is 0 Å². The van der Waals surface area contributed by atoms with Gasteiger partial charge in [-0.3, -0.25) is 9.59 Å². The summed E-state index contributed by atoms with van der Waals surface area (Å²) in [5.41, 5.74) is -1.45. The van der Waals surface area contributed by atoms with Crippen molar-refractivity contribution in [2.75, 3.05) is 52.9 Å². The van der Waals surface area contributed by atoms with Crippen LogP contribution >= 0.6 is 0 Å². The molecule has 0 N–H and O–H groups in total. The Balaban J connectivity index is 3.12. The van der Waals surface area contributed by atoms with E-state index in [4.69, 9.17) is 37.9 Å². The van der Waals surface area contributed by atoms with E-state index in [1.54, 1.807) is 25.1 Å². The molecule has 0 aliphatic rings. The monoisotopic (exact) mass is 768 g/mol. The van der Waals surface area contributed by atoms with Crippen LogP contribution in [-0.2, 0) is 89.1 Å². The fraction of sp³-hybridized carbons (Fsp3) is 0.333. The van der Waals surface area contributed by atoms with Crippen LogP contribution in [0.3, 0.4) is 0 Å². The highest BCUT2D eigenvalue weighted by Crippen LogP contribution is 2.24. The largest absolute Gasteiger partial charge is 0.464 e. The maximum Gasteiger partial charge on any atom is 0.330 e. The molecule has 0 heterocycles. The molecule has 0 unspecified atom stereocenters. The molecule has 16 heteroatoms. The van der Waals surface area contributed by atoms with Crippen LogP contribution in [0.5, 0.6) is 0 Å². The Morgan fingerprint density at radius 1 is 0.455 bits per heavy atom. The van der Waals surface area contributed by atoms with Gasteiger partial charge in [-0.1, -0.05) is 57.7 Å². The number of carbonyl (C=O) groups is 8. The summed E-state index contributed by atoms with van der Waals surface area (Å²) in [4.78, 5) is 97.0. The van der Waals surface area contributed by atoms with E-state index in [2.05, 4.69) is 39.5 Å². The number of ether oxygens (including phenoxy) is 8. The zero-order valence-electron chi connectivity index (χ0n) is 30.5. The number of rotatable bonds is 26. The standard InChI is InChI=1S/C39H44O16/c1-8-30(40)48-19-38(20-49-31(41)9-2,21-50-32(42)10-3)25-54-36(46)17-28-14-15-29(27(7)16-28)18-37(47)55-26-39(22-51-33(43)11-4,23-52-34(44)12-5)24-53-35(45)13-6/h8-16H,1-6,17-26H2,7H3. The molecule has 0 aliphatic carbocycles. The van der Waals surface area contributed by atoms with Gasteiger partial charge in [0.2, 0.25) is 0 Å². The van der Waals surface area contributed by atoms with Crippen molar-refractivity contribution >= 4 is 47.8 Å². The Labute approximate surface area is 318 Å². The van der Waals surface area contributed by atoms with E-state index in [9.17, 15) is 38.4 Å². The first-order valence-electron chi connectivity index (χ1n) is 16.2. The minimum absolute atomic E-state index is 0.253. The number of aryl methyl sites for hydroxylation is 1. The maximum atomic E-state index is 13.0. The summed E-state index contributed by atoms with van der Waals surface area (Å²) < 4.78 is 41.7. The number of carbonyl (C=O) groups excluding carboxylic acids is 8. The van der Waals surface area contributed by atoms with E-state index < -0.39 is 111 Å². The molecule has 1 rings (SSSR count). The van der Waals surface area contributed by atoms with Crippen molar-refractivity contribution in [3.63, 3.8) is 0 Å². The number of benzene rings is 1. The lowest BCUT2D eigenvalue weighted by Crippen LogP contribution is -2.43. The average molecular weight is 769 g/mol. The topological polar surface area (TPSA) is 210 Å². The molecule has 296 valence electrons. The van der Waals surface area contributed by atoms with Gasteiger partial charge in [0.05, 0.1) is 12.8 Å². The first-order chi connectivity index (χ1) is 26.1. The minimum atomic E-state index is -1.52. The highest BCUT2D eigenvalue weighted by molar-refractivity contribution is 5.83. The lowest BCUT2D eigenvalue weighted by Gasteiger charge is -2.31. The summed E-state index contributed by atoms with van der Waals surface area (Å²) in [5.74, 6) is -6.52. The summed E-state index contributed by atoms with van der Waals surface area (Å²) in [7, 11) is 0. The molecule has 0 aromatic heterocycles. The van der Waals surface area contributed by atoms with Crippen LogP contribution in [0.15, 0.2) is 94.1 Å². The van der Waals surface area contributed by atoms with Crippen molar-refractivity contribution in [3.05, 3.63) is 111 Å². The van der Waals surface area contributed by atoms with E-state index in [1.807, 2.05) is 0 Å². The predicted molar refractivity (Wildman–Crippen MR) is 192 cm³/mol. The highest BCUT2D eigenvalue weighted by Gasteiger charge is 2.39. The highest BCUT2D eigenvalue weighted by atomic mass is 16.6. The molecule has 0 bridgehead atoms. The van der Waals surface area contributed by atoms with E-state index in [0.717, 1.165) is 36.5 Å². The summed E-state index contributed by atoms with van der Waals surface area (Å²) in [5, 5.41) is 0. The third kappa shape index (κ3) is 17.7. The molecule has 0 saturated heterocycles. The molecule has 0 atom stereocenters. The second kappa shape index (κ2) is 23.9. The number of hydrogen-bond acceptors (Lipinski definition) is 16. The first-order valence-corrected chi connectivity index (χ1v) is 16.2. The fourth-order valence-corrected chi connectivity index (χ4v) is 4.16. The Hall–Kier alpha value is -6.58. The average Bonchev–Trinajstić information content (AvgIpc) is 3.19. The van der Waals surface area contributed by atoms with Crippen LogP contribution in [0.4, 0.5) is 0 Å². The van der Waals surface area contributed by atoms with E-state index >= 15 is 0 Å². The zero-order valence-corrected chi connectivity index (χ0v) is 30.5. The van der Waals surface area contributed by atoms with Crippen LogP contribution in [0.1, 0.15) is 16.7 Å². The van der Waals surface area contributed by atoms with Gasteiger partial charge in [0.15, 0.2) is 0 Å². The molecule has 0 radical (unpaired) electrons. The molecule has 16 nitrogen and oxygen atoms in total. The normalized spacial score (nSPS) is 10.6. The number of hydrogen-bond donors (Lipinski definition) is 0. The smallest absolute Gasteiger partial charge is 0.330 e. The van der Waals surface area contributed by atoms with Crippen LogP contribution in [-0.4, -0.2) is 101 Å². The SMILES string of the molecule is C=CC(=O)OCC(COC(=O)C=C)(COC(=O)C=C)COC(=O)Cc1ccc(CC(=O)OCC(COC(=O)C=C)(COC(=O)C=C)COC(=O)C=C)c(C)c1. The van der Waals surface area contributed by atoms with Crippen molar-refractivity contribution in [3.8, 4) is 0 Å². The molecule has 0 amide bonds. The van der Waals surface area contributed by atoms with Crippen LogP contribution in [0.2, 0.25) is 0 Å². The Kier molecular flexibility index (Phi) is 20.2. The molecular formula is C39H44O16. The molecule has 55 heavy (non-hydrogen) atoms. The van der Waals surface area contributed by atoms with E-state index in [-0.39, 0.29) is 12.8 Å². The van der Waals surface area contributed by atoms with Gasteiger partial charge < -0.3 is 37.9 Å². The van der Waals surface area contributed by atoms with Crippen molar-refractivity contribution < 1.29 is 76.3 Å². The summed E-state index contributed by atoms with van der Waals surface area (Å²) in [6.45, 7) is 17.6. The lowest BCUT2D eigenvalue weighted by molar-refractivity contribution is -0.169. The summed E-state index contributed by atoms with van der Waals surface area (Å²) in [6, 6.07) is 4.78. The second-order valence-corrected chi connectivity index (χ2v) is 11.8. The van der Waals surface area contributed by atoms with Crippen molar-refractivity contribution in [2.24, 2.45) is 10.8 Å². The minimum Gasteiger partial charge on any atom is -0.464 e. The molecule has 1 aromatic carbocycles. The van der Waals surface area contributed by atoms with Gasteiger partial charge in [-0.2, -0.15) is 0 Å². The zero-order chi connectivity index (χ0) is 41.4. The van der Waals surface area contributed by atoms with Crippen molar-refractivity contribution in [1.29, 1.82) is 0 Å². The van der Waals surface area contributed by atoms with E-state index in [1.165, 1.54) is 0 Å². The maximum absolute atomic E-state index is 13.0. The lowest BCUT2D eigenvalue weighted by atomic mass is 9.92. The predicted octanol–water partition coefficient (Wildman–Crippen LogP) is 2.51. The van der Waals surface area contributed by atoms with Gasteiger partial charge >= 0.3 is 47.8 Å². The van der Waals surface area contributed by atoms with E-state index in [0.29, 0.717) is 16.7 Å². The molecule has 0 aliphatic heterocycles. The molecule has 0 fully saturated rings. The fourth-order valence-electron chi connectivity index (χ4n) is 4.16. The summed E-state index contributed by atoms with van der Waals surface area (Å²) in [6.07, 6.45) is 4.82. The van der Waals surface area contributed by atoms with Crippen LogP contribution in [0, 0.1) is 17.8 Å². The van der Waals surface area contributed by atoms with Crippen molar-refractivity contribution in [2.45, 2.75) is 19.8 Å². The Morgan fingerprint density at radius 3 is 1.00 bits per heavy atom. The molecule has 0 spiro atoms. The third-order valence-electron chi connectivity index (χ3n) is 7.29. The molecule has 0 saturated carbocycles. The second-order valence-electron chi connectivity index (χ2n) is 11.8. The number of esters is 8. The Bertz CT molecular complexity index is 1530. The van der Waals surface area contributed by atoms with Gasteiger partial charge in [0.1, 0.15) is 63.7 Å². The quantitative estimate of drug-likeness (QED) is 0.0753. The van der Waals surface area contributed by atoms with Crippen LogP contribution < -0.4 is 0 Å². The molecule has 1 aromatic rings. The van der Waals surface area contributed by atoms with Gasteiger partial charge in [-0.25, -0.2) is 28.8 Å². The summed E-state index contributed by atoms with van der Waals surface area (Å²) >= 11 is 0. The molecular weight excluding hydrogens is 724 g/mol. The van der Waals surface area contributed by atoms with Gasteiger partial charge in [0.25, 0.3) is 0 Å². The van der Waals surface area contributed by atoms with Gasteiger partial charge in [-0.05, 0) is 23.6 Å². The first kappa shape index (κ1) is 46.4. The van der Waals surface area contributed by atoms with Crippen molar-refractivity contribution in [1.82, 2.24) is 0 Å². The van der Waals surface area contributed by atoms with Gasteiger partial charge in [0, 0.05) is 36.5 Å².